The van der Waals surface area contributed by atoms with Crippen LogP contribution >= 0.6 is 11.6 Å². The highest BCUT2D eigenvalue weighted by Crippen LogP contribution is 2.36. The van der Waals surface area contributed by atoms with E-state index in [2.05, 4.69) is 73.2 Å². The van der Waals surface area contributed by atoms with Crippen LogP contribution in [0.2, 0.25) is 5.02 Å². The van der Waals surface area contributed by atoms with Gasteiger partial charge in [0, 0.05) is 49.4 Å². The number of hydrogen-bond donors (Lipinski definition) is 1. The smallest absolute Gasteiger partial charge is 0.283 e. The predicted molar refractivity (Wildman–Crippen MR) is 201 cm³/mol. The van der Waals surface area contributed by atoms with E-state index >= 15 is 0 Å². The number of hydrogen-bond acceptors (Lipinski definition) is 7. The Kier molecular flexibility index (Phi) is 8.11. The number of aromatic nitrogens is 3. The number of likely N-dealkylation sites (tertiary alicyclic amines) is 1. The third-order valence-corrected chi connectivity index (χ3v) is 12.2. The highest BCUT2D eigenvalue weighted by molar-refractivity contribution is 6.35. The van der Waals surface area contributed by atoms with Crippen molar-refractivity contribution >= 4 is 62.7 Å². The molecule has 3 saturated heterocycles. The van der Waals surface area contributed by atoms with Gasteiger partial charge in [-0.1, -0.05) is 29.8 Å². The fourth-order valence-electron chi connectivity index (χ4n) is 9.26. The van der Waals surface area contributed by atoms with Crippen LogP contribution in [0.1, 0.15) is 85.8 Å². The topological polar surface area (TPSA) is 112 Å². The van der Waals surface area contributed by atoms with Crippen molar-refractivity contribution < 1.29 is 14.4 Å². The second kappa shape index (κ2) is 12.7. The Hall–Kier alpha value is -4.74. The number of carbonyl (C=O) groups excluding carboxylic acids is 3. The second-order valence-corrected chi connectivity index (χ2v) is 15.6. The summed E-state index contributed by atoms with van der Waals surface area (Å²) in [7, 11) is 0. The molecule has 3 aromatic carbocycles. The Morgan fingerprint density at radius 1 is 0.846 bits per heavy atom. The van der Waals surface area contributed by atoms with Crippen molar-refractivity contribution in [1.82, 2.24) is 29.1 Å². The molecule has 268 valence electrons. The zero-order chi connectivity index (χ0) is 35.8. The third-order valence-electron chi connectivity index (χ3n) is 11.9. The predicted octanol–water partition coefficient (Wildman–Crippen LogP) is 5.65. The maximum atomic E-state index is 13.2. The first-order valence-corrected chi connectivity index (χ1v) is 19.0. The molecule has 0 bridgehead atoms. The van der Waals surface area contributed by atoms with Crippen LogP contribution in [0.4, 0.5) is 5.69 Å². The van der Waals surface area contributed by atoms with E-state index in [0.717, 1.165) is 74.0 Å². The van der Waals surface area contributed by atoms with Crippen molar-refractivity contribution in [3.8, 4) is 0 Å². The van der Waals surface area contributed by atoms with E-state index in [1.54, 1.807) is 11.0 Å². The van der Waals surface area contributed by atoms with Crippen LogP contribution in [0.25, 0.3) is 27.7 Å². The molecule has 3 amide bonds. The van der Waals surface area contributed by atoms with E-state index in [4.69, 9.17) is 11.6 Å². The molecule has 0 radical (unpaired) electrons. The molecule has 52 heavy (non-hydrogen) atoms. The van der Waals surface area contributed by atoms with Crippen LogP contribution in [0.3, 0.4) is 0 Å². The number of nitrogens with zero attached hydrogens (tertiary/aromatic N) is 6. The minimum atomic E-state index is -0.587. The van der Waals surface area contributed by atoms with Crippen molar-refractivity contribution in [3.05, 3.63) is 86.7 Å². The number of imidazole rings is 1. The Morgan fingerprint density at radius 2 is 1.63 bits per heavy atom. The van der Waals surface area contributed by atoms with E-state index in [0.29, 0.717) is 46.7 Å². The summed E-state index contributed by atoms with van der Waals surface area (Å²) in [4.78, 5) is 61.7. The molecular weight excluding hydrogens is 678 g/mol. The first kappa shape index (κ1) is 33.1. The van der Waals surface area contributed by atoms with Gasteiger partial charge in [-0.05, 0) is 112 Å². The molecule has 1 atom stereocenters. The number of halogens is 1. The Bertz CT molecular complexity index is 2350. The normalized spacial score (nSPS) is 20.9. The summed E-state index contributed by atoms with van der Waals surface area (Å²) in [6.07, 6.45) is 5.00. The summed E-state index contributed by atoms with van der Waals surface area (Å²) in [6.45, 7) is 8.73. The summed E-state index contributed by atoms with van der Waals surface area (Å²) in [5.74, 6) is 0.314. The van der Waals surface area contributed by atoms with Gasteiger partial charge in [-0.25, -0.2) is 0 Å². The van der Waals surface area contributed by atoms with Gasteiger partial charge in [-0.2, -0.15) is 4.98 Å². The minimum Gasteiger partial charge on any atom is -0.371 e. The zero-order valence-electron chi connectivity index (χ0n) is 29.5. The van der Waals surface area contributed by atoms with Crippen LogP contribution in [0, 0.1) is 0 Å². The molecule has 3 fully saturated rings. The number of amides is 3. The van der Waals surface area contributed by atoms with Gasteiger partial charge in [-0.15, -0.1) is 0 Å². The quantitative estimate of drug-likeness (QED) is 0.234. The number of rotatable bonds is 5. The standard InChI is InChI=1S/C40H42ClN7O4/c1-23(2)47-34-21-28(7-9-31(34)48-32-5-3-4-30(41)36(32)38(51)43-40(47)48)45-18-14-27(15-19-45)44-16-12-24(13-17-44)25-6-8-29-26(20-25)22-46(39(29)52)33-10-11-35(49)42-37(33)50/h3-9,20-21,23-24,27,33H,10-19,22H2,1-2H3,(H,42,49,50). The van der Waals surface area contributed by atoms with Crippen molar-refractivity contribution in [3.63, 3.8) is 0 Å². The van der Waals surface area contributed by atoms with E-state index in [1.165, 1.54) is 11.3 Å². The Labute approximate surface area is 306 Å². The summed E-state index contributed by atoms with van der Waals surface area (Å²) in [6, 6.07) is 18.5. The van der Waals surface area contributed by atoms with E-state index in [1.807, 2.05) is 18.2 Å². The Balaban J connectivity index is 0.863. The fourth-order valence-corrected chi connectivity index (χ4v) is 9.51. The number of anilines is 1. The zero-order valence-corrected chi connectivity index (χ0v) is 30.2. The van der Waals surface area contributed by atoms with Crippen molar-refractivity contribution in [1.29, 1.82) is 0 Å². The molecular formula is C40H42ClN7O4. The first-order valence-electron chi connectivity index (χ1n) is 18.6. The van der Waals surface area contributed by atoms with Crippen molar-refractivity contribution in [2.24, 2.45) is 0 Å². The molecule has 4 aliphatic heterocycles. The van der Waals surface area contributed by atoms with E-state index in [-0.39, 0.29) is 35.7 Å². The molecule has 6 heterocycles. The Morgan fingerprint density at radius 3 is 2.38 bits per heavy atom. The highest BCUT2D eigenvalue weighted by atomic mass is 35.5. The summed E-state index contributed by atoms with van der Waals surface area (Å²) < 4.78 is 4.22. The van der Waals surface area contributed by atoms with Gasteiger partial charge in [0.05, 0.1) is 27.0 Å². The number of benzene rings is 3. The second-order valence-electron chi connectivity index (χ2n) is 15.2. The molecule has 5 aromatic rings. The summed E-state index contributed by atoms with van der Waals surface area (Å²) in [5.41, 5.74) is 6.64. The van der Waals surface area contributed by atoms with Gasteiger partial charge >= 0.3 is 0 Å². The van der Waals surface area contributed by atoms with E-state index < -0.39 is 6.04 Å². The number of piperidine rings is 3. The molecule has 1 N–H and O–H groups in total. The highest BCUT2D eigenvalue weighted by Gasteiger charge is 2.39. The van der Waals surface area contributed by atoms with Crippen LogP contribution < -0.4 is 15.8 Å². The average Bonchev–Trinajstić information content (AvgIpc) is 3.65. The first-order chi connectivity index (χ1) is 25.2. The summed E-state index contributed by atoms with van der Waals surface area (Å²) >= 11 is 6.47. The monoisotopic (exact) mass is 719 g/mol. The van der Waals surface area contributed by atoms with Crippen LogP contribution in [0.5, 0.6) is 0 Å². The molecule has 0 aliphatic carbocycles. The summed E-state index contributed by atoms with van der Waals surface area (Å²) in [5, 5.41) is 3.25. The van der Waals surface area contributed by atoms with Crippen LogP contribution in [-0.4, -0.2) is 79.7 Å². The minimum absolute atomic E-state index is 0.103. The number of imide groups is 1. The molecule has 1 unspecified atom stereocenters. The molecule has 2 aromatic heterocycles. The van der Waals surface area contributed by atoms with Gasteiger partial charge in [0.25, 0.3) is 11.5 Å². The fraction of sp³-hybridized carbons (Fsp3) is 0.425. The van der Waals surface area contributed by atoms with Crippen LogP contribution in [-0.2, 0) is 16.1 Å². The molecule has 12 heteroatoms. The largest absolute Gasteiger partial charge is 0.371 e. The van der Waals surface area contributed by atoms with Crippen molar-refractivity contribution in [2.45, 2.75) is 83.0 Å². The van der Waals surface area contributed by atoms with E-state index in [9.17, 15) is 19.2 Å². The molecule has 9 rings (SSSR count). The maximum absolute atomic E-state index is 13.2. The van der Waals surface area contributed by atoms with Crippen molar-refractivity contribution in [2.75, 3.05) is 31.1 Å². The lowest BCUT2D eigenvalue weighted by molar-refractivity contribution is -0.136. The number of fused-ring (bicyclic) bond motifs is 6. The van der Waals surface area contributed by atoms with Gasteiger partial charge in [0.2, 0.25) is 17.6 Å². The van der Waals surface area contributed by atoms with Gasteiger partial charge < -0.3 is 19.3 Å². The molecule has 11 nitrogen and oxygen atoms in total. The SMILES string of the molecule is CC(C)n1c2cc(N3CCC(N4CCC(c5ccc6c(c5)CN(C5CCC(=O)NC5=O)C6=O)CC4)CC3)ccc2n2c3cccc(Cl)c3c(=O)nc12. The van der Waals surface area contributed by atoms with Crippen LogP contribution in [0.15, 0.2) is 59.4 Å². The molecule has 0 spiro atoms. The lowest BCUT2D eigenvalue weighted by Crippen LogP contribution is -2.52. The lowest BCUT2D eigenvalue weighted by atomic mass is 9.86. The van der Waals surface area contributed by atoms with Gasteiger partial charge in [0.1, 0.15) is 6.04 Å². The average molecular weight is 720 g/mol. The van der Waals surface area contributed by atoms with Gasteiger partial charge in [-0.3, -0.25) is 28.9 Å². The number of carbonyl (C=O) groups is 3. The maximum Gasteiger partial charge on any atom is 0.283 e. The number of nitrogens with one attached hydrogen (secondary N) is 1. The van der Waals surface area contributed by atoms with Gasteiger partial charge in [0.15, 0.2) is 0 Å². The lowest BCUT2D eigenvalue weighted by Gasteiger charge is -2.42. The third kappa shape index (κ3) is 5.39. The molecule has 4 aliphatic rings. The molecule has 0 saturated carbocycles.